The summed E-state index contributed by atoms with van der Waals surface area (Å²) >= 11 is 1.40. The maximum Gasteiger partial charge on any atom is 0.276 e. The Balaban J connectivity index is 2.03. The van der Waals surface area contributed by atoms with E-state index in [0.717, 1.165) is 23.7 Å². The average molecular weight is 305 g/mol. The first kappa shape index (κ1) is 15.4. The van der Waals surface area contributed by atoms with E-state index in [1.807, 2.05) is 13.0 Å². The van der Waals surface area contributed by atoms with Crippen LogP contribution in [0.25, 0.3) is 0 Å². The third-order valence-corrected chi connectivity index (χ3v) is 3.50. The van der Waals surface area contributed by atoms with Gasteiger partial charge in [0.1, 0.15) is 10.7 Å². The monoisotopic (exact) mass is 305 g/mol. The van der Waals surface area contributed by atoms with Gasteiger partial charge in [-0.05, 0) is 25.0 Å². The number of carbonyl (C=O) groups excluding carboxylic acids is 1. The van der Waals surface area contributed by atoms with E-state index in [9.17, 15) is 4.79 Å². The second-order valence-electron chi connectivity index (χ2n) is 5.01. The van der Waals surface area contributed by atoms with Gasteiger partial charge in [-0.25, -0.2) is 0 Å². The zero-order valence-corrected chi connectivity index (χ0v) is 13.2. The van der Waals surface area contributed by atoms with Crippen LogP contribution in [0.3, 0.4) is 0 Å². The van der Waals surface area contributed by atoms with Gasteiger partial charge in [0.05, 0.1) is 0 Å². The summed E-state index contributed by atoms with van der Waals surface area (Å²) in [4.78, 5) is 16.2. The molecule has 2 N–H and O–H groups in total. The topological polar surface area (TPSA) is 79.8 Å². The molecule has 112 valence electrons. The predicted octanol–water partition coefficient (Wildman–Crippen LogP) is 2.82. The van der Waals surface area contributed by atoms with Crippen molar-refractivity contribution in [1.29, 1.82) is 0 Å². The van der Waals surface area contributed by atoms with Gasteiger partial charge in [-0.1, -0.05) is 25.2 Å². The Hall–Kier alpha value is -2.02. The molecule has 0 bridgehead atoms. The van der Waals surface area contributed by atoms with Gasteiger partial charge in [0.15, 0.2) is 0 Å². The van der Waals surface area contributed by atoms with Crippen LogP contribution in [0.4, 0.5) is 10.8 Å². The van der Waals surface area contributed by atoms with Crippen LogP contribution < -0.4 is 10.6 Å². The minimum Gasteiger partial charge on any atom is -0.385 e. The summed E-state index contributed by atoms with van der Waals surface area (Å²) in [5.74, 6) is 0.238. The summed E-state index contributed by atoms with van der Waals surface area (Å²) in [5.41, 5.74) is 1.23. The molecule has 6 nitrogen and oxygen atoms in total. The molecule has 0 spiro atoms. The van der Waals surface area contributed by atoms with Crippen molar-refractivity contribution in [2.45, 2.75) is 27.2 Å². The van der Waals surface area contributed by atoms with Crippen LogP contribution in [-0.4, -0.2) is 27.6 Å². The first-order valence-corrected chi connectivity index (χ1v) is 7.73. The number of hydrogen-bond donors (Lipinski definition) is 2. The van der Waals surface area contributed by atoms with Crippen molar-refractivity contribution in [3.63, 3.8) is 0 Å². The highest BCUT2D eigenvalue weighted by molar-refractivity contribution is 7.15. The van der Waals surface area contributed by atoms with Gasteiger partial charge in [0.2, 0.25) is 5.13 Å². The molecule has 2 heterocycles. The Kier molecular flexibility index (Phi) is 5.21. The zero-order valence-electron chi connectivity index (χ0n) is 12.4. The number of hydrogen-bond acceptors (Lipinski definition) is 6. The molecule has 21 heavy (non-hydrogen) atoms. The fourth-order valence-corrected chi connectivity index (χ4v) is 2.71. The van der Waals surface area contributed by atoms with Crippen molar-refractivity contribution >= 4 is 28.1 Å². The SMILES string of the molecule is CCNc1ccnc(C(=O)Nc2nnc(CC(C)C)s2)c1. The summed E-state index contributed by atoms with van der Waals surface area (Å²) in [6.45, 7) is 7.03. The van der Waals surface area contributed by atoms with Gasteiger partial charge >= 0.3 is 0 Å². The smallest absolute Gasteiger partial charge is 0.276 e. The van der Waals surface area contributed by atoms with Crippen molar-refractivity contribution < 1.29 is 4.79 Å². The maximum atomic E-state index is 12.1. The molecular weight excluding hydrogens is 286 g/mol. The van der Waals surface area contributed by atoms with Crippen molar-refractivity contribution in [2.24, 2.45) is 5.92 Å². The average Bonchev–Trinajstić information content (AvgIpc) is 2.86. The second kappa shape index (κ2) is 7.12. The first-order valence-electron chi connectivity index (χ1n) is 6.92. The van der Waals surface area contributed by atoms with E-state index >= 15 is 0 Å². The molecule has 0 aliphatic rings. The molecule has 0 fully saturated rings. The molecule has 0 radical (unpaired) electrons. The van der Waals surface area contributed by atoms with Crippen molar-refractivity contribution in [2.75, 3.05) is 17.2 Å². The van der Waals surface area contributed by atoms with Crippen LogP contribution in [0.2, 0.25) is 0 Å². The fourth-order valence-electron chi connectivity index (χ4n) is 1.77. The summed E-state index contributed by atoms with van der Waals surface area (Å²) in [7, 11) is 0. The number of nitrogens with one attached hydrogen (secondary N) is 2. The summed E-state index contributed by atoms with van der Waals surface area (Å²) in [6.07, 6.45) is 2.47. The van der Waals surface area contributed by atoms with E-state index in [0.29, 0.717) is 16.7 Å². The third-order valence-electron chi connectivity index (χ3n) is 2.64. The molecule has 0 saturated heterocycles. The fraction of sp³-hybridized carbons (Fsp3) is 0.429. The second-order valence-corrected chi connectivity index (χ2v) is 6.08. The molecule has 2 aromatic rings. The van der Waals surface area contributed by atoms with E-state index in [1.54, 1.807) is 12.3 Å². The number of nitrogens with zero attached hydrogens (tertiary/aromatic N) is 3. The number of amides is 1. The summed E-state index contributed by atoms with van der Waals surface area (Å²) in [6, 6.07) is 3.54. The minimum absolute atomic E-state index is 0.276. The van der Waals surface area contributed by atoms with Crippen LogP contribution in [0.15, 0.2) is 18.3 Å². The largest absolute Gasteiger partial charge is 0.385 e. The van der Waals surface area contributed by atoms with Gasteiger partial charge in [0.25, 0.3) is 5.91 Å². The lowest BCUT2D eigenvalue weighted by Gasteiger charge is -2.05. The van der Waals surface area contributed by atoms with Gasteiger partial charge in [0, 0.05) is 24.8 Å². The zero-order chi connectivity index (χ0) is 15.2. The lowest BCUT2D eigenvalue weighted by atomic mass is 10.1. The molecule has 0 aliphatic carbocycles. The quantitative estimate of drug-likeness (QED) is 0.858. The van der Waals surface area contributed by atoms with Crippen molar-refractivity contribution in [1.82, 2.24) is 15.2 Å². The van der Waals surface area contributed by atoms with Crippen molar-refractivity contribution in [3.05, 3.63) is 29.0 Å². The lowest BCUT2D eigenvalue weighted by Crippen LogP contribution is -2.14. The molecule has 0 atom stereocenters. The Labute approximate surface area is 128 Å². The number of pyridine rings is 1. The summed E-state index contributed by atoms with van der Waals surface area (Å²) in [5, 5.41) is 15.4. The van der Waals surface area contributed by atoms with E-state index in [1.165, 1.54) is 11.3 Å². The van der Waals surface area contributed by atoms with Gasteiger partial charge < -0.3 is 5.32 Å². The standard InChI is InChI=1S/C14H19N5OS/c1-4-15-10-5-6-16-11(8-10)13(20)17-14-19-18-12(21-14)7-9(2)3/h5-6,8-9H,4,7H2,1-3H3,(H,15,16)(H,17,19,20). The molecule has 1 amide bonds. The van der Waals surface area contributed by atoms with Crippen LogP contribution >= 0.6 is 11.3 Å². The molecule has 0 aromatic carbocycles. The normalized spacial score (nSPS) is 10.7. The van der Waals surface area contributed by atoms with Gasteiger partial charge in [-0.15, -0.1) is 10.2 Å². The van der Waals surface area contributed by atoms with Crippen LogP contribution in [0.1, 0.15) is 36.3 Å². The summed E-state index contributed by atoms with van der Waals surface area (Å²) < 4.78 is 0. The molecule has 0 unspecified atom stereocenters. The molecule has 0 aliphatic heterocycles. The number of aromatic nitrogens is 3. The van der Waals surface area contributed by atoms with E-state index < -0.39 is 0 Å². The lowest BCUT2D eigenvalue weighted by molar-refractivity contribution is 0.102. The van der Waals surface area contributed by atoms with Crippen molar-refractivity contribution in [3.8, 4) is 0 Å². The Morgan fingerprint density at radius 3 is 2.90 bits per heavy atom. The molecule has 2 rings (SSSR count). The van der Waals surface area contributed by atoms with Gasteiger partial charge in [-0.2, -0.15) is 0 Å². The Bertz CT molecular complexity index is 611. The van der Waals surface area contributed by atoms with E-state index in [2.05, 4.69) is 39.7 Å². The number of anilines is 2. The number of carbonyl (C=O) groups is 1. The third kappa shape index (κ3) is 4.49. The highest BCUT2D eigenvalue weighted by Gasteiger charge is 2.12. The van der Waals surface area contributed by atoms with E-state index in [-0.39, 0.29) is 5.91 Å². The first-order chi connectivity index (χ1) is 10.1. The molecule has 2 aromatic heterocycles. The van der Waals surface area contributed by atoms with Crippen LogP contribution in [-0.2, 0) is 6.42 Å². The predicted molar refractivity (Wildman–Crippen MR) is 84.8 cm³/mol. The van der Waals surface area contributed by atoms with Crippen LogP contribution in [0.5, 0.6) is 0 Å². The van der Waals surface area contributed by atoms with Crippen LogP contribution in [0, 0.1) is 5.92 Å². The minimum atomic E-state index is -0.276. The molecule has 7 heteroatoms. The Morgan fingerprint density at radius 2 is 2.19 bits per heavy atom. The highest BCUT2D eigenvalue weighted by atomic mass is 32.1. The highest BCUT2D eigenvalue weighted by Crippen LogP contribution is 2.19. The molecular formula is C14H19N5OS. The maximum absolute atomic E-state index is 12.1. The Morgan fingerprint density at radius 1 is 1.38 bits per heavy atom. The van der Waals surface area contributed by atoms with Gasteiger partial charge in [-0.3, -0.25) is 15.1 Å². The van der Waals surface area contributed by atoms with E-state index in [4.69, 9.17) is 0 Å². The molecule has 0 saturated carbocycles. The number of rotatable bonds is 6.